The number of nitrogens with zero attached hydrogens (tertiary/aromatic N) is 3. The van der Waals surface area contributed by atoms with E-state index >= 15 is 0 Å². The first-order valence-electron chi connectivity index (χ1n) is 8.11. The van der Waals surface area contributed by atoms with Crippen LogP contribution in [0, 0.1) is 0 Å². The summed E-state index contributed by atoms with van der Waals surface area (Å²) in [5.41, 5.74) is 1.98. The zero-order valence-electron chi connectivity index (χ0n) is 12.9. The van der Waals surface area contributed by atoms with Gasteiger partial charge in [0.25, 0.3) is 0 Å². The van der Waals surface area contributed by atoms with Gasteiger partial charge in [-0.3, -0.25) is 4.98 Å². The molecule has 0 bridgehead atoms. The number of ether oxygens (including phenoxy) is 2. The number of fused-ring (bicyclic) bond motifs is 2. The van der Waals surface area contributed by atoms with Crippen molar-refractivity contribution < 1.29 is 14.6 Å². The van der Waals surface area contributed by atoms with Crippen LogP contribution in [0.3, 0.4) is 0 Å². The molecule has 5 rings (SSSR count). The van der Waals surface area contributed by atoms with Crippen LogP contribution in [0.15, 0.2) is 48.9 Å². The van der Waals surface area contributed by atoms with Gasteiger partial charge in [0.1, 0.15) is 24.1 Å². The third-order valence-electron chi connectivity index (χ3n) is 4.91. The Morgan fingerprint density at radius 1 is 1.00 bits per heavy atom. The number of imidazole rings is 1. The maximum absolute atomic E-state index is 9.96. The summed E-state index contributed by atoms with van der Waals surface area (Å²) in [6.07, 6.45) is 4.61. The van der Waals surface area contributed by atoms with Crippen LogP contribution < -0.4 is 0 Å². The molecule has 24 heavy (non-hydrogen) atoms. The maximum Gasteiger partial charge on any atom is 0.141 e. The lowest BCUT2D eigenvalue weighted by Crippen LogP contribution is -2.30. The van der Waals surface area contributed by atoms with Gasteiger partial charge in [0.05, 0.1) is 24.8 Å². The number of pyridine rings is 1. The molecule has 4 atom stereocenters. The van der Waals surface area contributed by atoms with E-state index in [1.54, 1.807) is 12.4 Å². The van der Waals surface area contributed by atoms with Crippen molar-refractivity contribution in [2.75, 3.05) is 13.2 Å². The van der Waals surface area contributed by atoms with Gasteiger partial charge in [0, 0.05) is 29.5 Å². The minimum atomic E-state index is -0.547. The van der Waals surface area contributed by atoms with Gasteiger partial charge in [0.15, 0.2) is 0 Å². The Morgan fingerprint density at radius 3 is 2.88 bits per heavy atom. The van der Waals surface area contributed by atoms with Crippen LogP contribution in [0.2, 0.25) is 0 Å². The molecule has 0 saturated carbocycles. The van der Waals surface area contributed by atoms with Crippen molar-refractivity contribution >= 4 is 10.9 Å². The fourth-order valence-electron chi connectivity index (χ4n) is 3.78. The van der Waals surface area contributed by atoms with E-state index in [1.807, 2.05) is 24.4 Å². The molecule has 0 amide bonds. The third-order valence-corrected chi connectivity index (χ3v) is 4.91. The van der Waals surface area contributed by atoms with Crippen LogP contribution in [0.1, 0.15) is 6.04 Å². The second-order valence-electron chi connectivity index (χ2n) is 6.26. The Morgan fingerprint density at radius 2 is 1.92 bits per heavy atom. The molecule has 6 nitrogen and oxygen atoms in total. The summed E-state index contributed by atoms with van der Waals surface area (Å²) in [6.45, 7) is 0.840. The van der Waals surface area contributed by atoms with Gasteiger partial charge in [0.2, 0.25) is 0 Å². The molecule has 1 aromatic carbocycles. The Kier molecular flexibility index (Phi) is 3.16. The summed E-state index contributed by atoms with van der Waals surface area (Å²) in [6, 6.07) is 10.0. The van der Waals surface area contributed by atoms with E-state index in [4.69, 9.17) is 9.47 Å². The van der Waals surface area contributed by atoms with E-state index in [-0.39, 0.29) is 18.2 Å². The van der Waals surface area contributed by atoms with Crippen molar-refractivity contribution in [1.82, 2.24) is 14.5 Å². The zero-order valence-corrected chi connectivity index (χ0v) is 12.9. The molecule has 6 heteroatoms. The monoisotopic (exact) mass is 323 g/mol. The molecule has 1 N–H and O–H groups in total. The molecule has 3 aromatic rings. The minimum Gasteiger partial charge on any atom is -0.388 e. The summed E-state index contributed by atoms with van der Waals surface area (Å²) in [4.78, 5) is 9.00. The number of hydrogen-bond acceptors (Lipinski definition) is 5. The summed E-state index contributed by atoms with van der Waals surface area (Å²) < 4.78 is 13.6. The summed E-state index contributed by atoms with van der Waals surface area (Å²) >= 11 is 0. The fraction of sp³-hybridized carbons (Fsp3) is 0.333. The molecule has 2 aliphatic heterocycles. The Labute approximate surface area is 138 Å². The van der Waals surface area contributed by atoms with Crippen molar-refractivity contribution in [3.8, 4) is 11.4 Å². The lowest BCUT2D eigenvalue weighted by molar-refractivity contribution is 0.0172. The molecule has 0 spiro atoms. The van der Waals surface area contributed by atoms with Gasteiger partial charge in [-0.1, -0.05) is 18.2 Å². The minimum absolute atomic E-state index is 0.0107. The molecule has 0 unspecified atom stereocenters. The summed E-state index contributed by atoms with van der Waals surface area (Å²) in [5, 5.41) is 11.0. The first kappa shape index (κ1) is 14.1. The largest absolute Gasteiger partial charge is 0.388 e. The smallest absolute Gasteiger partial charge is 0.141 e. The van der Waals surface area contributed by atoms with Crippen LogP contribution in [0.5, 0.6) is 0 Å². The van der Waals surface area contributed by atoms with Crippen molar-refractivity contribution in [3.05, 3.63) is 48.9 Å². The average molecular weight is 323 g/mol. The SMILES string of the molecule is O[C@@H]1CO[C@H]2[C@@H]1OC[C@H]2n1ccnc1-c1cccc2ncccc12. The van der Waals surface area contributed by atoms with Gasteiger partial charge >= 0.3 is 0 Å². The highest BCUT2D eigenvalue weighted by molar-refractivity contribution is 5.92. The molecule has 0 radical (unpaired) electrons. The predicted molar refractivity (Wildman–Crippen MR) is 87.5 cm³/mol. The molecule has 0 aliphatic carbocycles. The molecular formula is C18H17N3O3. The Balaban J connectivity index is 1.61. The van der Waals surface area contributed by atoms with E-state index < -0.39 is 6.10 Å². The van der Waals surface area contributed by atoms with Crippen LogP contribution in [-0.4, -0.2) is 51.2 Å². The topological polar surface area (TPSA) is 69.4 Å². The van der Waals surface area contributed by atoms with Gasteiger partial charge in [-0.15, -0.1) is 0 Å². The number of aromatic nitrogens is 3. The molecule has 122 valence electrons. The Bertz CT molecular complexity index is 889. The second-order valence-corrected chi connectivity index (χ2v) is 6.26. The van der Waals surface area contributed by atoms with E-state index in [9.17, 15) is 5.11 Å². The summed E-state index contributed by atoms with van der Waals surface area (Å²) in [5.74, 6) is 0.868. The van der Waals surface area contributed by atoms with Crippen LogP contribution in [0.4, 0.5) is 0 Å². The number of rotatable bonds is 2. The fourth-order valence-corrected chi connectivity index (χ4v) is 3.78. The number of aliphatic hydroxyl groups is 1. The second kappa shape index (κ2) is 5.37. The van der Waals surface area contributed by atoms with E-state index in [0.29, 0.717) is 13.2 Å². The molecule has 2 saturated heterocycles. The molecule has 2 fully saturated rings. The molecule has 2 aliphatic rings. The van der Waals surface area contributed by atoms with Crippen molar-refractivity contribution in [1.29, 1.82) is 0 Å². The third kappa shape index (κ3) is 2.00. The standard InChI is InChI=1S/C18H17N3O3/c22-15-10-24-16-14(9-23-17(15)16)21-8-7-20-18(21)12-3-1-5-13-11(12)4-2-6-19-13/h1-8,14-17,22H,9-10H2/t14-,15-,16-,17-/m1/s1. The molecular weight excluding hydrogens is 306 g/mol. The van der Waals surface area contributed by atoms with E-state index in [0.717, 1.165) is 22.3 Å². The number of hydrogen-bond donors (Lipinski definition) is 1. The van der Waals surface area contributed by atoms with Gasteiger partial charge in [-0.2, -0.15) is 0 Å². The molecule has 2 aromatic heterocycles. The number of benzene rings is 1. The van der Waals surface area contributed by atoms with Gasteiger partial charge in [-0.05, 0) is 12.1 Å². The normalized spacial score (nSPS) is 29.2. The zero-order chi connectivity index (χ0) is 16.1. The average Bonchev–Trinajstić information content (AvgIpc) is 3.32. The van der Waals surface area contributed by atoms with Crippen LogP contribution in [-0.2, 0) is 9.47 Å². The van der Waals surface area contributed by atoms with Crippen LogP contribution >= 0.6 is 0 Å². The lowest BCUT2D eigenvalue weighted by Gasteiger charge is -2.20. The van der Waals surface area contributed by atoms with Gasteiger partial charge in [-0.25, -0.2) is 4.98 Å². The first-order chi connectivity index (χ1) is 11.8. The highest BCUT2D eigenvalue weighted by Gasteiger charge is 2.48. The predicted octanol–water partition coefficient (Wildman–Crippen LogP) is 1.80. The highest BCUT2D eigenvalue weighted by Crippen LogP contribution is 2.37. The van der Waals surface area contributed by atoms with E-state index in [1.165, 1.54) is 0 Å². The van der Waals surface area contributed by atoms with Crippen LogP contribution in [0.25, 0.3) is 22.3 Å². The quantitative estimate of drug-likeness (QED) is 0.779. The maximum atomic E-state index is 9.96. The lowest BCUT2D eigenvalue weighted by atomic mass is 10.1. The highest BCUT2D eigenvalue weighted by atomic mass is 16.6. The van der Waals surface area contributed by atoms with Crippen molar-refractivity contribution in [2.24, 2.45) is 0 Å². The number of aliphatic hydroxyl groups excluding tert-OH is 1. The van der Waals surface area contributed by atoms with E-state index in [2.05, 4.69) is 26.7 Å². The Hall–Kier alpha value is -2.28. The molecule has 4 heterocycles. The van der Waals surface area contributed by atoms with Gasteiger partial charge < -0.3 is 19.1 Å². The van der Waals surface area contributed by atoms with Crippen molar-refractivity contribution in [2.45, 2.75) is 24.4 Å². The first-order valence-corrected chi connectivity index (χ1v) is 8.11. The van der Waals surface area contributed by atoms with Crippen molar-refractivity contribution in [3.63, 3.8) is 0 Å². The summed E-state index contributed by atoms with van der Waals surface area (Å²) in [7, 11) is 0.